The summed E-state index contributed by atoms with van der Waals surface area (Å²) in [7, 11) is 0. The van der Waals surface area contributed by atoms with Crippen molar-refractivity contribution >= 4 is 5.84 Å². The van der Waals surface area contributed by atoms with E-state index in [1.165, 1.54) is 5.92 Å². The van der Waals surface area contributed by atoms with E-state index >= 15 is 0 Å². The molecule has 2 nitrogen and oxygen atoms in total. The van der Waals surface area contributed by atoms with Crippen LogP contribution in [0.5, 0.6) is 0 Å². The second-order valence-corrected chi connectivity index (χ2v) is 1.91. The fourth-order valence-electron chi connectivity index (χ4n) is 0.381. The largest absolute Gasteiger partial charge is 0.388 e. The van der Waals surface area contributed by atoms with Crippen molar-refractivity contribution in [2.75, 3.05) is 0 Å². The lowest BCUT2D eigenvalue weighted by atomic mass is 10.1. The molecule has 0 bridgehead atoms. The maximum Gasteiger partial charge on any atom is 0.0910 e. The Bertz CT molecular complexity index is 66.5. The SMILES string of the molecule is C[C](C)CC(=N)N. The minimum Gasteiger partial charge on any atom is -0.388 e. The van der Waals surface area contributed by atoms with Crippen molar-refractivity contribution in [3.63, 3.8) is 0 Å². The highest BCUT2D eigenvalue weighted by Gasteiger charge is 1.93. The predicted molar refractivity (Wildman–Crippen MR) is 31.1 cm³/mol. The van der Waals surface area contributed by atoms with Gasteiger partial charge in [0.2, 0.25) is 0 Å². The van der Waals surface area contributed by atoms with Gasteiger partial charge in [0.25, 0.3) is 0 Å². The van der Waals surface area contributed by atoms with Crippen LogP contribution in [0.15, 0.2) is 0 Å². The third-order valence-electron chi connectivity index (χ3n) is 0.544. The molecule has 0 aliphatic carbocycles. The molecule has 1 radical (unpaired) electrons. The molecule has 0 amide bonds. The Labute approximate surface area is 44.2 Å². The normalized spacial score (nSPS) is 9.57. The van der Waals surface area contributed by atoms with Crippen molar-refractivity contribution in [1.29, 1.82) is 5.41 Å². The lowest BCUT2D eigenvalue weighted by molar-refractivity contribution is 1.01. The molecule has 0 aromatic carbocycles. The topological polar surface area (TPSA) is 49.9 Å². The molecule has 0 fully saturated rings. The quantitative estimate of drug-likeness (QED) is 0.392. The average Bonchev–Trinajstić information content (AvgIpc) is 1.27. The molecule has 0 unspecified atom stereocenters. The third-order valence-corrected chi connectivity index (χ3v) is 0.544. The average molecular weight is 99.2 g/mol. The molecule has 0 aliphatic heterocycles. The van der Waals surface area contributed by atoms with E-state index in [1.54, 1.807) is 0 Å². The summed E-state index contributed by atoms with van der Waals surface area (Å²) in [5.74, 6) is 1.44. The molecule has 0 aromatic heterocycles. The van der Waals surface area contributed by atoms with E-state index in [2.05, 4.69) is 0 Å². The second kappa shape index (κ2) is 2.61. The van der Waals surface area contributed by atoms with Crippen molar-refractivity contribution in [2.24, 2.45) is 5.73 Å². The zero-order valence-corrected chi connectivity index (χ0v) is 4.78. The minimum absolute atomic E-state index is 0.250. The van der Waals surface area contributed by atoms with Gasteiger partial charge in [-0.25, -0.2) is 0 Å². The molecule has 0 spiro atoms. The highest BCUT2D eigenvalue weighted by molar-refractivity contribution is 5.78. The van der Waals surface area contributed by atoms with Gasteiger partial charge in [0.15, 0.2) is 0 Å². The molecule has 0 aromatic rings. The first-order chi connectivity index (χ1) is 3.13. The van der Waals surface area contributed by atoms with E-state index in [4.69, 9.17) is 11.1 Å². The van der Waals surface area contributed by atoms with Crippen molar-refractivity contribution in [2.45, 2.75) is 20.3 Å². The van der Waals surface area contributed by atoms with E-state index in [9.17, 15) is 0 Å². The Morgan fingerprint density at radius 3 is 2.00 bits per heavy atom. The van der Waals surface area contributed by atoms with E-state index in [0.717, 1.165) is 0 Å². The summed E-state index contributed by atoms with van der Waals surface area (Å²) < 4.78 is 0. The van der Waals surface area contributed by atoms with Crippen LogP contribution in [0, 0.1) is 11.3 Å². The van der Waals surface area contributed by atoms with Gasteiger partial charge in [0.05, 0.1) is 5.84 Å². The molecule has 3 N–H and O–H groups in total. The van der Waals surface area contributed by atoms with Gasteiger partial charge in [-0.05, 0) is 5.92 Å². The van der Waals surface area contributed by atoms with Crippen LogP contribution >= 0.6 is 0 Å². The number of hydrogen-bond donors (Lipinski definition) is 2. The predicted octanol–water partition coefficient (Wildman–Crippen LogP) is 0.927. The van der Waals surface area contributed by atoms with Crippen molar-refractivity contribution in [3.05, 3.63) is 5.92 Å². The fraction of sp³-hybridized carbons (Fsp3) is 0.600. The summed E-state index contributed by atoms with van der Waals surface area (Å²) in [5.41, 5.74) is 5.06. The molecule has 0 saturated heterocycles. The van der Waals surface area contributed by atoms with Crippen LogP contribution in [-0.2, 0) is 0 Å². The Kier molecular flexibility index (Phi) is 2.41. The first-order valence-corrected chi connectivity index (χ1v) is 2.25. The first kappa shape index (κ1) is 6.47. The van der Waals surface area contributed by atoms with E-state index in [0.29, 0.717) is 6.42 Å². The van der Waals surface area contributed by atoms with Crippen LogP contribution in [-0.4, -0.2) is 5.84 Å². The van der Waals surface area contributed by atoms with Gasteiger partial charge in [-0.2, -0.15) is 0 Å². The van der Waals surface area contributed by atoms with Gasteiger partial charge in [-0.1, -0.05) is 13.8 Å². The molecule has 0 heterocycles. The standard InChI is InChI=1S/C5H11N2/c1-4(2)3-5(6)7/h3H2,1-2H3,(H3,6,7). The second-order valence-electron chi connectivity index (χ2n) is 1.91. The number of nitrogens with two attached hydrogens (primary N) is 1. The molecule has 41 valence electrons. The highest BCUT2D eigenvalue weighted by Crippen LogP contribution is 1.98. The summed E-state index contributed by atoms with van der Waals surface area (Å²) in [4.78, 5) is 0. The number of rotatable bonds is 2. The smallest absolute Gasteiger partial charge is 0.0910 e. The monoisotopic (exact) mass is 99.1 g/mol. The third kappa shape index (κ3) is 5.47. The molecule has 0 rings (SSSR count). The van der Waals surface area contributed by atoms with E-state index in [1.807, 2.05) is 13.8 Å². The van der Waals surface area contributed by atoms with Crippen molar-refractivity contribution < 1.29 is 0 Å². The van der Waals surface area contributed by atoms with Crippen LogP contribution in [0.25, 0.3) is 0 Å². The van der Waals surface area contributed by atoms with E-state index in [-0.39, 0.29) is 5.84 Å². The van der Waals surface area contributed by atoms with E-state index < -0.39 is 0 Å². The van der Waals surface area contributed by atoms with Gasteiger partial charge in [0.1, 0.15) is 0 Å². The summed E-state index contributed by atoms with van der Waals surface area (Å²) in [6.07, 6.45) is 0.639. The molecular formula is C5H11N2. The van der Waals surface area contributed by atoms with Crippen LogP contribution in [0.4, 0.5) is 0 Å². The van der Waals surface area contributed by atoms with Gasteiger partial charge >= 0.3 is 0 Å². The van der Waals surface area contributed by atoms with Gasteiger partial charge in [0, 0.05) is 6.42 Å². The van der Waals surface area contributed by atoms with Crippen LogP contribution in [0.1, 0.15) is 20.3 Å². The number of nitrogens with one attached hydrogen (secondary N) is 1. The molecule has 2 heteroatoms. The Morgan fingerprint density at radius 1 is 1.57 bits per heavy atom. The summed E-state index contributed by atoms with van der Waals surface area (Å²) in [6.45, 7) is 3.92. The minimum atomic E-state index is 0.250. The molecule has 0 atom stereocenters. The zero-order chi connectivity index (χ0) is 5.86. The molecule has 7 heavy (non-hydrogen) atoms. The Balaban J connectivity index is 3.13. The van der Waals surface area contributed by atoms with Crippen molar-refractivity contribution in [3.8, 4) is 0 Å². The maximum absolute atomic E-state index is 6.78. The number of amidine groups is 1. The van der Waals surface area contributed by atoms with Gasteiger partial charge < -0.3 is 5.73 Å². The molecule has 0 aliphatic rings. The highest BCUT2D eigenvalue weighted by atomic mass is 14.7. The summed E-state index contributed by atoms with van der Waals surface area (Å²) in [5, 5.41) is 6.78. The van der Waals surface area contributed by atoms with Crippen LogP contribution < -0.4 is 5.73 Å². The van der Waals surface area contributed by atoms with Crippen molar-refractivity contribution in [1.82, 2.24) is 0 Å². The van der Waals surface area contributed by atoms with Gasteiger partial charge in [-0.15, -0.1) is 0 Å². The van der Waals surface area contributed by atoms with Gasteiger partial charge in [-0.3, -0.25) is 5.41 Å². The summed E-state index contributed by atoms with van der Waals surface area (Å²) >= 11 is 0. The Hall–Kier alpha value is -0.530. The fourth-order valence-corrected chi connectivity index (χ4v) is 0.381. The molecular weight excluding hydrogens is 88.1 g/mol. The van der Waals surface area contributed by atoms with Crippen LogP contribution in [0.3, 0.4) is 0 Å². The molecule has 0 saturated carbocycles. The first-order valence-electron chi connectivity index (χ1n) is 2.25. The Morgan fingerprint density at radius 2 is 2.00 bits per heavy atom. The zero-order valence-electron chi connectivity index (χ0n) is 4.78. The summed E-state index contributed by atoms with van der Waals surface area (Å²) in [6, 6.07) is 0. The maximum atomic E-state index is 6.78. The lowest BCUT2D eigenvalue weighted by Gasteiger charge is -1.97. The van der Waals surface area contributed by atoms with Crippen LogP contribution in [0.2, 0.25) is 0 Å². The lowest BCUT2D eigenvalue weighted by Crippen LogP contribution is -2.10. The number of hydrogen-bond acceptors (Lipinski definition) is 1.